The summed E-state index contributed by atoms with van der Waals surface area (Å²) in [4.78, 5) is 36.2. The summed E-state index contributed by atoms with van der Waals surface area (Å²) in [6.07, 6.45) is 0.970. The highest BCUT2D eigenvalue weighted by Crippen LogP contribution is 2.41. The molecule has 0 aromatic heterocycles. The molecule has 0 bridgehead atoms. The zero-order valence-electron chi connectivity index (χ0n) is 17.2. The molecule has 2 aromatic rings. The first-order valence-electron chi connectivity index (χ1n) is 9.84. The number of carbonyl (C=O) groups is 2. The van der Waals surface area contributed by atoms with Crippen LogP contribution in [0.15, 0.2) is 48.5 Å². The Morgan fingerprint density at radius 1 is 1.20 bits per heavy atom. The van der Waals surface area contributed by atoms with Crippen LogP contribution in [-0.2, 0) is 16.0 Å². The summed E-state index contributed by atoms with van der Waals surface area (Å²) < 4.78 is 0. The molecule has 1 saturated heterocycles. The predicted molar refractivity (Wildman–Crippen MR) is 117 cm³/mol. The first-order valence-corrected chi connectivity index (χ1v) is 10.9. The second kappa shape index (κ2) is 9.30. The molecule has 7 nitrogen and oxygen atoms in total. The number of para-hydroxylation sites is 1. The van der Waals surface area contributed by atoms with Crippen molar-refractivity contribution in [2.45, 2.75) is 38.5 Å². The largest absolute Gasteiger partial charge is 0.275 e. The van der Waals surface area contributed by atoms with Crippen molar-refractivity contribution in [3.8, 4) is 0 Å². The van der Waals surface area contributed by atoms with Gasteiger partial charge in [0.25, 0.3) is 11.6 Å². The second-order valence-corrected chi connectivity index (χ2v) is 8.85. The van der Waals surface area contributed by atoms with Crippen LogP contribution < -0.4 is 5.43 Å². The van der Waals surface area contributed by atoms with Crippen LogP contribution in [0.5, 0.6) is 0 Å². The summed E-state index contributed by atoms with van der Waals surface area (Å²) in [7, 11) is 0. The third kappa shape index (κ3) is 4.81. The van der Waals surface area contributed by atoms with Crippen LogP contribution in [0.25, 0.3) is 0 Å². The average Bonchev–Trinajstić information content (AvgIpc) is 3.07. The van der Waals surface area contributed by atoms with Crippen LogP contribution in [0.3, 0.4) is 0 Å². The van der Waals surface area contributed by atoms with Gasteiger partial charge in [0, 0.05) is 6.07 Å². The molecule has 2 unspecified atom stereocenters. The molecule has 2 atom stereocenters. The number of benzene rings is 2. The molecule has 2 amide bonds. The third-order valence-electron chi connectivity index (χ3n) is 5.01. The van der Waals surface area contributed by atoms with Crippen molar-refractivity contribution < 1.29 is 14.5 Å². The highest BCUT2D eigenvalue weighted by Gasteiger charge is 2.38. The fraction of sp³-hybridized carbons (Fsp3) is 0.364. The standard InChI is InChI=1S/C22H25N3O4S/c1-14(2)12-16-8-10-17(11-9-16)15(3)21(27)23-24-20(26)13-30-22(24)18-6-4-5-7-19(18)25(28)29/h4-11,14-15,22H,12-13H2,1-3H3,(H,23,27). The lowest BCUT2D eigenvalue weighted by molar-refractivity contribution is -0.385. The molecule has 0 radical (unpaired) electrons. The summed E-state index contributed by atoms with van der Waals surface area (Å²) in [5.74, 6) is -0.380. The highest BCUT2D eigenvalue weighted by molar-refractivity contribution is 8.00. The summed E-state index contributed by atoms with van der Waals surface area (Å²) in [5.41, 5.74) is 5.07. The predicted octanol–water partition coefficient (Wildman–Crippen LogP) is 4.20. The number of nitrogens with one attached hydrogen (secondary N) is 1. The van der Waals surface area contributed by atoms with Gasteiger partial charge in [-0.1, -0.05) is 50.2 Å². The van der Waals surface area contributed by atoms with Crippen molar-refractivity contribution in [3.63, 3.8) is 0 Å². The first kappa shape index (κ1) is 21.8. The molecule has 1 fully saturated rings. The molecule has 158 valence electrons. The maximum Gasteiger partial charge on any atom is 0.275 e. The number of nitro benzene ring substituents is 1. The quantitative estimate of drug-likeness (QED) is 0.528. The lowest BCUT2D eigenvalue weighted by atomic mass is 9.96. The summed E-state index contributed by atoms with van der Waals surface area (Å²) >= 11 is 1.26. The molecule has 30 heavy (non-hydrogen) atoms. The van der Waals surface area contributed by atoms with Gasteiger partial charge in [-0.15, -0.1) is 11.8 Å². The van der Waals surface area contributed by atoms with Crippen molar-refractivity contribution in [2.24, 2.45) is 5.92 Å². The maximum absolute atomic E-state index is 12.9. The lowest BCUT2D eigenvalue weighted by Gasteiger charge is -2.26. The molecule has 0 aliphatic carbocycles. The van der Waals surface area contributed by atoms with E-state index in [0.717, 1.165) is 12.0 Å². The summed E-state index contributed by atoms with van der Waals surface area (Å²) in [6.45, 7) is 6.09. The van der Waals surface area contributed by atoms with E-state index in [1.165, 1.54) is 28.4 Å². The molecule has 0 spiro atoms. The number of nitrogens with zero attached hydrogens (tertiary/aromatic N) is 2. The molecular weight excluding hydrogens is 402 g/mol. The first-order chi connectivity index (χ1) is 14.3. The van der Waals surface area contributed by atoms with Crippen molar-refractivity contribution in [1.29, 1.82) is 0 Å². The van der Waals surface area contributed by atoms with Crippen LogP contribution in [-0.4, -0.2) is 27.5 Å². The fourth-order valence-electron chi connectivity index (χ4n) is 3.42. The van der Waals surface area contributed by atoms with Gasteiger partial charge in [0.2, 0.25) is 5.91 Å². The smallest absolute Gasteiger partial charge is 0.273 e. The molecule has 1 aliphatic rings. The topological polar surface area (TPSA) is 92.6 Å². The van der Waals surface area contributed by atoms with Gasteiger partial charge in [-0.3, -0.25) is 25.1 Å². The van der Waals surface area contributed by atoms with E-state index in [4.69, 9.17) is 0 Å². The number of amides is 2. The van der Waals surface area contributed by atoms with E-state index >= 15 is 0 Å². The minimum absolute atomic E-state index is 0.0715. The molecule has 1 heterocycles. The van der Waals surface area contributed by atoms with Crippen LogP contribution >= 0.6 is 11.8 Å². The second-order valence-electron chi connectivity index (χ2n) is 7.78. The van der Waals surface area contributed by atoms with Crippen LogP contribution in [0, 0.1) is 16.0 Å². The highest BCUT2D eigenvalue weighted by atomic mass is 32.2. The number of hydrogen-bond acceptors (Lipinski definition) is 5. The summed E-state index contributed by atoms with van der Waals surface area (Å²) in [5, 5.41) is 12.0. The molecule has 8 heteroatoms. The summed E-state index contributed by atoms with van der Waals surface area (Å²) in [6, 6.07) is 14.2. The SMILES string of the molecule is CC(C)Cc1ccc(C(C)C(=O)NN2C(=O)CSC2c2ccccc2[N+](=O)[O-])cc1. The van der Waals surface area contributed by atoms with Crippen LogP contribution in [0.4, 0.5) is 5.69 Å². The van der Waals surface area contributed by atoms with Gasteiger partial charge in [0.1, 0.15) is 5.37 Å². The average molecular weight is 428 g/mol. The molecule has 2 aromatic carbocycles. The Morgan fingerprint density at radius 2 is 1.87 bits per heavy atom. The number of hydrogen-bond donors (Lipinski definition) is 1. The third-order valence-corrected chi connectivity index (χ3v) is 6.21. The van der Waals surface area contributed by atoms with Crippen LogP contribution in [0.2, 0.25) is 0 Å². The van der Waals surface area contributed by atoms with E-state index in [1.54, 1.807) is 25.1 Å². The Hall–Kier alpha value is -2.87. The molecule has 3 rings (SSSR count). The Morgan fingerprint density at radius 3 is 2.50 bits per heavy atom. The van der Waals surface area contributed by atoms with Gasteiger partial charge in [0.05, 0.1) is 22.2 Å². The number of thioether (sulfide) groups is 1. The van der Waals surface area contributed by atoms with E-state index in [1.807, 2.05) is 24.3 Å². The lowest BCUT2D eigenvalue weighted by Crippen LogP contribution is -2.46. The minimum atomic E-state index is -0.635. The van der Waals surface area contributed by atoms with E-state index in [9.17, 15) is 19.7 Å². The van der Waals surface area contributed by atoms with Crippen molar-refractivity contribution >= 4 is 29.3 Å². The normalized spacial score (nSPS) is 17.3. The van der Waals surface area contributed by atoms with E-state index in [-0.39, 0.29) is 23.3 Å². The Balaban J connectivity index is 1.76. The van der Waals surface area contributed by atoms with Gasteiger partial charge in [0.15, 0.2) is 0 Å². The molecular formula is C22H25N3O4S. The van der Waals surface area contributed by atoms with E-state index in [0.29, 0.717) is 11.5 Å². The van der Waals surface area contributed by atoms with Gasteiger partial charge < -0.3 is 0 Å². The van der Waals surface area contributed by atoms with Gasteiger partial charge in [-0.05, 0) is 36.5 Å². The number of hydrazine groups is 1. The van der Waals surface area contributed by atoms with Crippen molar-refractivity contribution in [2.75, 3.05) is 5.75 Å². The number of carbonyl (C=O) groups excluding carboxylic acids is 2. The fourth-order valence-corrected chi connectivity index (χ4v) is 4.56. The zero-order chi connectivity index (χ0) is 21.8. The van der Waals surface area contributed by atoms with Crippen LogP contribution in [0.1, 0.15) is 48.8 Å². The zero-order valence-corrected chi connectivity index (χ0v) is 18.0. The van der Waals surface area contributed by atoms with Crippen molar-refractivity contribution in [3.05, 3.63) is 75.3 Å². The Bertz CT molecular complexity index is 946. The molecule has 1 aliphatic heterocycles. The minimum Gasteiger partial charge on any atom is -0.273 e. The van der Waals surface area contributed by atoms with Gasteiger partial charge in [-0.25, -0.2) is 5.01 Å². The maximum atomic E-state index is 12.9. The van der Waals surface area contributed by atoms with Gasteiger partial charge >= 0.3 is 0 Å². The van der Waals surface area contributed by atoms with Gasteiger partial charge in [-0.2, -0.15) is 0 Å². The van der Waals surface area contributed by atoms with E-state index < -0.39 is 16.2 Å². The van der Waals surface area contributed by atoms with E-state index in [2.05, 4.69) is 19.3 Å². The Kier molecular flexibility index (Phi) is 6.77. The monoisotopic (exact) mass is 427 g/mol. The Labute approximate surface area is 180 Å². The number of nitro groups is 1. The van der Waals surface area contributed by atoms with Crippen molar-refractivity contribution in [1.82, 2.24) is 10.4 Å². The molecule has 1 N–H and O–H groups in total. The molecule has 0 saturated carbocycles. The number of rotatable bonds is 7.